The Morgan fingerprint density at radius 3 is 2.34 bits per heavy atom. The number of aryl methyl sites for hydroxylation is 2. The molecule has 5 rings (SSSR count). The Bertz CT molecular complexity index is 1270. The SMILES string of the molecule is O=C(Nc1c2c(cc3c1CCC3)CCC2)N(OC(=O)C(F)(F)F)S(=O)(=O)c1cc2n(n1)CCNC2. The highest BCUT2D eigenvalue weighted by Gasteiger charge is 2.47. The van der Waals surface area contributed by atoms with Crippen LogP contribution in [0, 0.1) is 0 Å². The number of aromatic nitrogens is 2. The summed E-state index contributed by atoms with van der Waals surface area (Å²) in [5.74, 6) is -2.84. The molecule has 2 heterocycles. The summed E-state index contributed by atoms with van der Waals surface area (Å²) < 4.78 is 66.2. The van der Waals surface area contributed by atoms with E-state index in [-0.39, 0.29) is 6.54 Å². The summed E-state index contributed by atoms with van der Waals surface area (Å²) >= 11 is 0. The van der Waals surface area contributed by atoms with Gasteiger partial charge >= 0.3 is 28.2 Å². The van der Waals surface area contributed by atoms with E-state index in [0.717, 1.165) is 54.0 Å². The van der Waals surface area contributed by atoms with Gasteiger partial charge in [0.05, 0.1) is 12.2 Å². The van der Waals surface area contributed by atoms with Gasteiger partial charge in [0.15, 0.2) is 0 Å². The van der Waals surface area contributed by atoms with Crippen molar-refractivity contribution in [3.63, 3.8) is 0 Å². The predicted octanol–water partition coefficient (Wildman–Crippen LogP) is 2.21. The van der Waals surface area contributed by atoms with Gasteiger partial charge < -0.3 is 15.5 Å². The van der Waals surface area contributed by atoms with E-state index in [1.165, 1.54) is 4.68 Å². The molecule has 14 heteroatoms. The first-order valence-electron chi connectivity index (χ1n) is 11.1. The minimum absolute atomic E-state index is 0.277. The van der Waals surface area contributed by atoms with Crippen molar-refractivity contribution in [3.8, 4) is 0 Å². The summed E-state index contributed by atoms with van der Waals surface area (Å²) in [6, 6.07) is 1.67. The van der Waals surface area contributed by atoms with Crippen molar-refractivity contribution in [3.05, 3.63) is 40.1 Å². The molecule has 3 aliphatic rings. The fourth-order valence-corrected chi connectivity index (χ4v) is 5.91. The smallest absolute Gasteiger partial charge is 0.312 e. The van der Waals surface area contributed by atoms with Gasteiger partial charge in [-0.1, -0.05) is 6.07 Å². The summed E-state index contributed by atoms with van der Waals surface area (Å²) in [6.45, 7) is 1.10. The highest BCUT2D eigenvalue weighted by molar-refractivity contribution is 7.89. The van der Waals surface area contributed by atoms with Gasteiger partial charge in [0.1, 0.15) is 0 Å². The van der Waals surface area contributed by atoms with Gasteiger partial charge in [-0.3, -0.25) is 4.68 Å². The second-order valence-corrected chi connectivity index (χ2v) is 10.3. The van der Waals surface area contributed by atoms with Gasteiger partial charge in [0.2, 0.25) is 5.03 Å². The lowest BCUT2D eigenvalue weighted by Crippen LogP contribution is -2.44. The van der Waals surface area contributed by atoms with Crippen molar-refractivity contribution in [1.82, 2.24) is 19.6 Å². The maximum Gasteiger partial charge on any atom is 0.493 e. The number of urea groups is 1. The predicted molar refractivity (Wildman–Crippen MR) is 115 cm³/mol. The minimum Gasteiger partial charge on any atom is -0.312 e. The fourth-order valence-electron chi connectivity index (χ4n) is 4.82. The number of amides is 2. The molecule has 0 saturated carbocycles. The molecule has 2 N–H and O–H groups in total. The van der Waals surface area contributed by atoms with E-state index in [0.29, 0.717) is 37.3 Å². The normalized spacial score (nSPS) is 16.9. The van der Waals surface area contributed by atoms with Gasteiger partial charge in [0, 0.05) is 24.8 Å². The van der Waals surface area contributed by atoms with Crippen LogP contribution in [0.3, 0.4) is 0 Å². The first-order chi connectivity index (χ1) is 16.6. The molecule has 0 spiro atoms. The average Bonchev–Trinajstić information content (AvgIpc) is 3.54. The molecule has 2 aliphatic carbocycles. The van der Waals surface area contributed by atoms with Crippen molar-refractivity contribution < 1.29 is 36.0 Å². The molecule has 0 radical (unpaired) electrons. The van der Waals surface area contributed by atoms with Crippen molar-refractivity contribution in [2.24, 2.45) is 0 Å². The van der Waals surface area contributed by atoms with Crippen LogP contribution in [-0.2, 0) is 58.4 Å². The number of nitrogens with one attached hydrogen (secondary N) is 2. The highest BCUT2D eigenvalue weighted by atomic mass is 32.2. The molecule has 188 valence electrons. The third-order valence-corrected chi connectivity index (χ3v) is 7.80. The first kappa shape index (κ1) is 23.6. The van der Waals surface area contributed by atoms with Crippen LogP contribution < -0.4 is 10.6 Å². The van der Waals surface area contributed by atoms with Crippen LogP contribution in [0.25, 0.3) is 0 Å². The molecule has 35 heavy (non-hydrogen) atoms. The molecule has 2 amide bonds. The zero-order chi connectivity index (χ0) is 25.0. The van der Waals surface area contributed by atoms with Gasteiger partial charge in [-0.15, -0.1) is 0 Å². The van der Waals surface area contributed by atoms with E-state index in [1.807, 2.05) is 0 Å². The van der Waals surface area contributed by atoms with Crippen LogP contribution in [-0.4, -0.2) is 47.4 Å². The van der Waals surface area contributed by atoms with Gasteiger partial charge in [-0.25, -0.2) is 9.59 Å². The topological polar surface area (TPSA) is 123 Å². The molecule has 2 aromatic rings. The number of hydrogen-bond donors (Lipinski definition) is 2. The second-order valence-electron chi connectivity index (χ2n) is 8.65. The number of benzene rings is 1. The van der Waals surface area contributed by atoms with Crippen LogP contribution in [0.2, 0.25) is 0 Å². The third kappa shape index (κ3) is 4.24. The van der Waals surface area contributed by atoms with Crippen molar-refractivity contribution in [2.45, 2.75) is 62.8 Å². The lowest BCUT2D eigenvalue weighted by atomic mass is 9.99. The van der Waals surface area contributed by atoms with Crippen LogP contribution in [0.4, 0.5) is 23.7 Å². The van der Waals surface area contributed by atoms with Crippen molar-refractivity contribution in [1.29, 1.82) is 0 Å². The number of sulfonamides is 1. The molecule has 1 aromatic heterocycles. The molecule has 1 aromatic carbocycles. The third-order valence-electron chi connectivity index (χ3n) is 6.40. The van der Waals surface area contributed by atoms with Crippen LogP contribution in [0.15, 0.2) is 17.2 Å². The summed E-state index contributed by atoms with van der Waals surface area (Å²) in [5.41, 5.74) is 4.50. The quantitative estimate of drug-likeness (QED) is 0.604. The summed E-state index contributed by atoms with van der Waals surface area (Å²) in [6.07, 6.45) is -1.03. The second kappa shape index (κ2) is 8.52. The van der Waals surface area contributed by atoms with E-state index in [1.54, 1.807) is 0 Å². The van der Waals surface area contributed by atoms with Crippen LogP contribution in [0.5, 0.6) is 0 Å². The average molecular weight is 513 g/mol. The van der Waals surface area contributed by atoms with E-state index in [9.17, 15) is 31.2 Å². The Morgan fingerprint density at radius 1 is 1.09 bits per heavy atom. The maximum atomic E-state index is 13.2. The zero-order valence-electron chi connectivity index (χ0n) is 18.4. The van der Waals surface area contributed by atoms with Gasteiger partial charge in [0.25, 0.3) is 0 Å². The number of nitrogens with zero attached hydrogens (tertiary/aromatic N) is 3. The lowest BCUT2D eigenvalue weighted by molar-refractivity contribution is -0.216. The highest BCUT2D eigenvalue weighted by Crippen LogP contribution is 2.39. The van der Waals surface area contributed by atoms with E-state index in [4.69, 9.17) is 0 Å². The molecular weight excluding hydrogens is 491 g/mol. The molecule has 0 bridgehead atoms. The van der Waals surface area contributed by atoms with Gasteiger partial charge in [-0.05, 0) is 65.2 Å². The number of hydroxylamine groups is 1. The summed E-state index contributed by atoms with van der Waals surface area (Å²) in [5, 5.41) is 8.67. The maximum absolute atomic E-state index is 13.2. The number of carbonyl (C=O) groups excluding carboxylic acids is 2. The van der Waals surface area contributed by atoms with Crippen molar-refractivity contribution in [2.75, 3.05) is 11.9 Å². The molecular formula is C21H22F3N5O5S. The number of hydrogen-bond acceptors (Lipinski definition) is 7. The van der Waals surface area contributed by atoms with E-state index >= 15 is 0 Å². The number of alkyl halides is 3. The van der Waals surface area contributed by atoms with Crippen LogP contribution >= 0.6 is 0 Å². The zero-order valence-corrected chi connectivity index (χ0v) is 19.3. The molecule has 0 saturated heterocycles. The van der Waals surface area contributed by atoms with Crippen molar-refractivity contribution >= 4 is 27.7 Å². The van der Waals surface area contributed by atoms with E-state index < -0.39 is 37.7 Å². The Kier molecular flexibility index (Phi) is 5.74. The number of fused-ring (bicyclic) bond motifs is 3. The molecule has 0 atom stereocenters. The van der Waals surface area contributed by atoms with E-state index in [2.05, 4.69) is 26.6 Å². The van der Waals surface area contributed by atoms with Crippen LogP contribution in [0.1, 0.15) is 40.8 Å². The Morgan fingerprint density at radius 2 is 1.74 bits per heavy atom. The Balaban J connectivity index is 1.52. The number of carbonyl (C=O) groups is 2. The van der Waals surface area contributed by atoms with Gasteiger partial charge in [-0.2, -0.15) is 26.7 Å². The number of anilines is 1. The molecule has 1 aliphatic heterocycles. The fraction of sp³-hybridized carbons (Fsp3) is 0.476. The lowest BCUT2D eigenvalue weighted by Gasteiger charge is -2.22. The molecule has 0 fully saturated rings. The Labute approximate surface area is 198 Å². The monoisotopic (exact) mass is 513 g/mol. The molecule has 0 unspecified atom stereocenters. The number of halogens is 3. The largest absolute Gasteiger partial charge is 0.493 e. The summed E-state index contributed by atoms with van der Waals surface area (Å²) in [7, 11) is -5.08. The first-order valence-corrected chi connectivity index (χ1v) is 12.6. The minimum atomic E-state index is -5.53. The molecule has 10 nitrogen and oxygen atoms in total. The Hall–Kier alpha value is -3.13. The standard InChI is InChI=1S/C21H22F3N5O5S/c22-21(23,24)19(30)34-29(35(32,33)17-10-14-11-25-7-8-28(14)27-17)20(31)26-18-15-5-1-3-12(15)9-13-4-2-6-16(13)18/h9-10,25H,1-8,11H2,(H,26,31). The summed E-state index contributed by atoms with van der Waals surface area (Å²) in [4.78, 5) is 28.9. The number of rotatable bonds is 3.